The summed E-state index contributed by atoms with van der Waals surface area (Å²) in [5, 5.41) is 1.01. The number of aldehydes is 1. The predicted molar refractivity (Wildman–Crippen MR) is 72.5 cm³/mol. The van der Waals surface area contributed by atoms with Gasteiger partial charge in [-0.3, -0.25) is 4.79 Å². The molecule has 0 aliphatic heterocycles. The molecule has 0 spiro atoms. The number of pyridine rings is 1. The van der Waals surface area contributed by atoms with Crippen LogP contribution in [0.4, 0.5) is 4.39 Å². The topological polar surface area (TPSA) is 30.0 Å². The summed E-state index contributed by atoms with van der Waals surface area (Å²) in [5.41, 5.74) is 2.37. The number of nitrogens with zero attached hydrogens (tertiary/aromatic N) is 1. The summed E-state index contributed by atoms with van der Waals surface area (Å²) in [5.74, 6) is -0.379. The first kappa shape index (κ1) is 11.5. The highest BCUT2D eigenvalue weighted by Crippen LogP contribution is 2.24. The van der Waals surface area contributed by atoms with E-state index in [1.165, 1.54) is 18.2 Å². The van der Waals surface area contributed by atoms with E-state index in [1.807, 2.05) is 30.3 Å². The molecular formula is C16H10FNO. The number of hydrogen-bond acceptors (Lipinski definition) is 2. The van der Waals surface area contributed by atoms with E-state index < -0.39 is 0 Å². The first-order valence-corrected chi connectivity index (χ1v) is 5.89. The Morgan fingerprint density at radius 3 is 2.68 bits per heavy atom. The van der Waals surface area contributed by atoms with Crippen LogP contribution in [0.15, 0.2) is 54.6 Å². The summed E-state index contributed by atoms with van der Waals surface area (Å²) < 4.78 is 13.3. The van der Waals surface area contributed by atoms with E-state index in [-0.39, 0.29) is 5.82 Å². The molecule has 92 valence electrons. The normalized spacial score (nSPS) is 10.6. The second-order valence-electron chi connectivity index (χ2n) is 4.24. The van der Waals surface area contributed by atoms with Crippen molar-refractivity contribution < 1.29 is 9.18 Å². The molecule has 0 fully saturated rings. The Balaban J connectivity index is 2.24. The van der Waals surface area contributed by atoms with Crippen molar-refractivity contribution in [1.29, 1.82) is 0 Å². The summed E-state index contributed by atoms with van der Waals surface area (Å²) in [7, 11) is 0. The molecule has 0 bridgehead atoms. The van der Waals surface area contributed by atoms with Gasteiger partial charge in [-0.25, -0.2) is 9.37 Å². The molecule has 0 aliphatic rings. The summed E-state index contributed by atoms with van der Waals surface area (Å²) in [6.07, 6.45) is 0.714. The summed E-state index contributed by atoms with van der Waals surface area (Å²) in [4.78, 5) is 15.5. The SMILES string of the molecule is O=Cc1ccc(F)cc1-c1ccc2ccccc2n1. The van der Waals surface area contributed by atoms with Crippen molar-refractivity contribution in [2.45, 2.75) is 0 Å². The molecule has 0 radical (unpaired) electrons. The molecule has 0 saturated carbocycles. The molecule has 2 nitrogen and oxygen atoms in total. The molecule has 0 unspecified atom stereocenters. The number of para-hydroxylation sites is 1. The van der Waals surface area contributed by atoms with Crippen LogP contribution in [0.3, 0.4) is 0 Å². The lowest BCUT2D eigenvalue weighted by Gasteiger charge is -2.06. The minimum Gasteiger partial charge on any atom is -0.298 e. The molecule has 1 heterocycles. The van der Waals surface area contributed by atoms with Crippen molar-refractivity contribution in [3.63, 3.8) is 0 Å². The van der Waals surface area contributed by atoms with Crippen LogP contribution in [-0.2, 0) is 0 Å². The second-order valence-corrected chi connectivity index (χ2v) is 4.24. The van der Waals surface area contributed by atoms with Crippen molar-refractivity contribution in [1.82, 2.24) is 4.98 Å². The zero-order valence-corrected chi connectivity index (χ0v) is 10.0. The van der Waals surface area contributed by atoms with E-state index in [0.29, 0.717) is 23.1 Å². The first-order valence-electron chi connectivity index (χ1n) is 5.89. The van der Waals surface area contributed by atoms with E-state index in [4.69, 9.17) is 0 Å². The van der Waals surface area contributed by atoms with Crippen molar-refractivity contribution in [3.8, 4) is 11.3 Å². The summed E-state index contributed by atoms with van der Waals surface area (Å²) in [6, 6.07) is 15.5. The Hall–Kier alpha value is -2.55. The van der Waals surface area contributed by atoms with Gasteiger partial charge in [0.1, 0.15) is 5.82 Å². The number of benzene rings is 2. The number of aromatic nitrogens is 1. The highest BCUT2D eigenvalue weighted by Gasteiger charge is 2.08. The summed E-state index contributed by atoms with van der Waals surface area (Å²) in [6.45, 7) is 0. The fraction of sp³-hybridized carbons (Fsp3) is 0. The molecule has 0 amide bonds. The molecular weight excluding hydrogens is 241 g/mol. The third kappa shape index (κ3) is 2.10. The minimum atomic E-state index is -0.379. The largest absolute Gasteiger partial charge is 0.298 e. The van der Waals surface area contributed by atoms with Crippen molar-refractivity contribution >= 4 is 17.2 Å². The van der Waals surface area contributed by atoms with E-state index in [0.717, 1.165) is 10.9 Å². The van der Waals surface area contributed by atoms with E-state index in [9.17, 15) is 9.18 Å². The number of carbonyl (C=O) groups excluding carboxylic acids is 1. The maximum absolute atomic E-state index is 13.3. The molecule has 0 aliphatic carbocycles. The monoisotopic (exact) mass is 251 g/mol. The molecule has 0 N–H and O–H groups in total. The number of rotatable bonds is 2. The van der Waals surface area contributed by atoms with Gasteiger partial charge in [0.05, 0.1) is 11.2 Å². The van der Waals surface area contributed by atoms with Crippen LogP contribution in [0, 0.1) is 5.82 Å². The maximum atomic E-state index is 13.3. The van der Waals surface area contributed by atoms with Gasteiger partial charge in [0.25, 0.3) is 0 Å². The van der Waals surface area contributed by atoms with Crippen LogP contribution >= 0.6 is 0 Å². The van der Waals surface area contributed by atoms with Gasteiger partial charge in [-0.15, -0.1) is 0 Å². The number of halogens is 1. The molecule has 3 rings (SSSR count). The number of carbonyl (C=O) groups is 1. The molecule has 19 heavy (non-hydrogen) atoms. The van der Waals surface area contributed by atoms with Gasteiger partial charge in [-0.1, -0.05) is 24.3 Å². The molecule has 1 aromatic heterocycles. The van der Waals surface area contributed by atoms with Gasteiger partial charge < -0.3 is 0 Å². The fourth-order valence-corrected chi connectivity index (χ4v) is 2.07. The predicted octanol–water partition coefficient (Wildman–Crippen LogP) is 3.85. The average molecular weight is 251 g/mol. The lowest BCUT2D eigenvalue weighted by Crippen LogP contribution is -1.92. The fourth-order valence-electron chi connectivity index (χ4n) is 2.07. The zero-order chi connectivity index (χ0) is 13.2. The first-order chi connectivity index (χ1) is 9.28. The maximum Gasteiger partial charge on any atom is 0.150 e. The van der Waals surface area contributed by atoms with Crippen molar-refractivity contribution in [2.24, 2.45) is 0 Å². The molecule has 3 aromatic rings. The van der Waals surface area contributed by atoms with Crippen LogP contribution < -0.4 is 0 Å². The zero-order valence-electron chi connectivity index (χ0n) is 10.0. The molecule has 2 aromatic carbocycles. The van der Waals surface area contributed by atoms with Gasteiger partial charge in [-0.2, -0.15) is 0 Å². The summed E-state index contributed by atoms with van der Waals surface area (Å²) >= 11 is 0. The number of fused-ring (bicyclic) bond motifs is 1. The molecule has 3 heteroatoms. The third-order valence-corrected chi connectivity index (χ3v) is 3.02. The highest BCUT2D eigenvalue weighted by atomic mass is 19.1. The van der Waals surface area contributed by atoms with Crippen LogP contribution in [0.25, 0.3) is 22.2 Å². The van der Waals surface area contributed by atoms with Crippen LogP contribution in [0.5, 0.6) is 0 Å². The quantitative estimate of drug-likeness (QED) is 0.647. The average Bonchev–Trinajstić information content (AvgIpc) is 2.46. The van der Waals surface area contributed by atoms with E-state index >= 15 is 0 Å². The van der Waals surface area contributed by atoms with Crippen molar-refractivity contribution in [2.75, 3.05) is 0 Å². The van der Waals surface area contributed by atoms with Crippen LogP contribution in [0.1, 0.15) is 10.4 Å². The lowest BCUT2D eigenvalue weighted by atomic mass is 10.0. The standard InChI is InChI=1S/C16H10FNO/c17-13-7-5-12(10-19)14(9-13)16-8-6-11-3-1-2-4-15(11)18-16/h1-10H. The Bertz CT molecular complexity index is 768. The number of hydrogen-bond donors (Lipinski definition) is 0. The van der Waals surface area contributed by atoms with Gasteiger partial charge >= 0.3 is 0 Å². The molecule has 0 atom stereocenters. The van der Waals surface area contributed by atoms with Crippen molar-refractivity contribution in [3.05, 3.63) is 66.0 Å². The van der Waals surface area contributed by atoms with E-state index in [1.54, 1.807) is 6.07 Å². The Morgan fingerprint density at radius 1 is 1.00 bits per heavy atom. The van der Waals surface area contributed by atoms with Gasteiger partial charge in [0.15, 0.2) is 6.29 Å². The Labute approximate surface area is 109 Å². The van der Waals surface area contributed by atoms with Gasteiger partial charge in [0.2, 0.25) is 0 Å². The second kappa shape index (κ2) is 4.61. The lowest BCUT2D eigenvalue weighted by molar-refractivity contribution is 0.112. The third-order valence-electron chi connectivity index (χ3n) is 3.02. The Morgan fingerprint density at radius 2 is 1.84 bits per heavy atom. The minimum absolute atomic E-state index is 0.379. The van der Waals surface area contributed by atoms with Crippen LogP contribution in [0.2, 0.25) is 0 Å². The van der Waals surface area contributed by atoms with Crippen LogP contribution in [-0.4, -0.2) is 11.3 Å². The highest BCUT2D eigenvalue weighted by molar-refractivity contribution is 5.88. The van der Waals surface area contributed by atoms with E-state index in [2.05, 4.69) is 4.98 Å². The molecule has 0 saturated heterocycles. The van der Waals surface area contributed by atoms with Gasteiger partial charge in [-0.05, 0) is 30.3 Å². The smallest absolute Gasteiger partial charge is 0.150 e. The van der Waals surface area contributed by atoms with Gasteiger partial charge in [0, 0.05) is 16.5 Å². The Kier molecular flexibility index (Phi) is 2.80.